The van der Waals surface area contributed by atoms with Crippen LogP contribution in [0.5, 0.6) is 5.75 Å². The molecule has 0 spiro atoms. The van der Waals surface area contributed by atoms with Gasteiger partial charge in [-0.3, -0.25) is 4.79 Å². The number of methoxy groups -OCH3 is 1. The number of esters is 1. The first kappa shape index (κ1) is 16.6. The number of hydrogen-bond donors (Lipinski definition) is 1. The highest BCUT2D eigenvalue weighted by molar-refractivity contribution is 5.90. The number of furan rings is 1. The summed E-state index contributed by atoms with van der Waals surface area (Å²) in [5.74, 6) is -0.171. The highest BCUT2D eigenvalue weighted by Gasteiger charge is 2.22. The van der Waals surface area contributed by atoms with E-state index in [0.29, 0.717) is 13.0 Å². The minimum Gasteiger partial charge on any atom is -0.497 e. The summed E-state index contributed by atoms with van der Waals surface area (Å²) < 4.78 is 15.2. The van der Waals surface area contributed by atoms with Gasteiger partial charge in [0.05, 0.1) is 13.4 Å². The van der Waals surface area contributed by atoms with Crippen LogP contribution < -0.4 is 10.1 Å². The topological polar surface area (TPSA) is 77.8 Å². The number of ether oxygens (including phenoxy) is 2. The van der Waals surface area contributed by atoms with Crippen LogP contribution in [0.15, 0.2) is 47.1 Å². The van der Waals surface area contributed by atoms with E-state index >= 15 is 0 Å². The third-order valence-electron chi connectivity index (χ3n) is 3.26. The molecule has 1 atom stereocenters. The molecule has 1 aromatic carbocycles. The lowest BCUT2D eigenvalue weighted by molar-refractivity contribution is -0.130. The maximum Gasteiger partial charge on any atom is 0.374 e. The van der Waals surface area contributed by atoms with Gasteiger partial charge in [0, 0.05) is 6.54 Å². The Labute approximate surface area is 134 Å². The van der Waals surface area contributed by atoms with Gasteiger partial charge in [-0.2, -0.15) is 0 Å². The molecule has 1 amide bonds. The van der Waals surface area contributed by atoms with Gasteiger partial charge in [-0.05, 0) is 36.2 Å². The van der Waals surface area contributed by atoms with Gasteiger partial charge in [-0.25, -0.2) is 4.79 Å². The molecule has 0 aliphatic rings. The molecule has 0 bridgehead atoms. The van der Waals surface area contributed by atoms with E-state index in [9.17, 15) is 9.59 Å². The first-order valence-corrected chi connectivity index (χ1v) is 7.29. The van der Waals surface area contributed by atoms with Gasteiger partial charge in [0.25, 0.3) is 5.91 Å². The zero-order chi connectivity index (χ0) is 16.7. The fraction of sp³-hybridized carbons (Fsp3) is 0.294. The number of amides is 1. The molecule has 23 heavy (non-hydrogen) atoms. The lowest BCUT2D eigenvalue weighted by atomic mass is 10.2. The first-order chi connectivity index (χ1) is 11.1. The average Bonchev–Trinajstić information content (AvgIpc) is 3.12. The maximum absolute atomic E-state index is 12.1. The largest absolute Gasteiger partial charge is 0.497 e. The average molecular weight is 317 g/mol. The van der Waals surface area contributed by atoms with Crippen molar-refractivity contribution in [1.29, 1.82) is 0 Å². The van der Waals surface area contributed by atoms with Crippen molar-refractivity contribution in [3.63, 3.8) is 0 Å². The van der Waals surface area contributed by atoms with E-state index in [2.05, 4.69) is 5.32 Å². The van der Waals surface area contributed by atoms with Gasteiger partial charge in [-0.1, -0.05) is 19.1 Å². The fourth-order valence-electron chi connectivity index (χ4n) is 1.95. The lowest BCUT2D eigenvalue weighted by Gasteiger charge is -2.15. The van der Waals surface area contributed by atoms with Crippen LogP contribution in [0.1, 0.15) is 29.5 Å². The van der Waals surface area contributed by atoms with Crippen molar-refractivity contribution in [2.75, 3.05) is 7.11 Å². The number of carbonyl (C=O) groups is 2. The van der Waals surface area contributed by atoms with Crippen LogP contribution in [0, 0.1) is 0 Å². The molecule has 122 valence electrons. The van der Waals surface area contributed by atoms with E-state index in [1.807, 2.05) is 24.3 Å². The molecule has 0 aliphatic heterocycles. The quantitative estimate of drug-likeness (QED) is 0.794. The summed E-state index contributed by atoms with van der Waals surface area (Å²) in [6.45, 7) is 2.12. The molecule has 0 fully saturated rings. The monoisotopic (exact) mass is 317 g/mol. The summed E-state index contributed by atoms with van der Waals surface area (Å²) in [4.78, 5) is 23.9. The molecule has 2 rings (SSSR count). The fourth-order valence-corrected chi connectivity index (χ4v) is 1.95. The van der Waals surface area contributed by atoms with Crippen molar-refractivity contribution in [3.8, 4) is 5.75 Å². The molecule has 0 aliphatic carbocycles. The van der Waals surface area contributed by atoms with Gasteiger partial charge in [0.15, 0.2) is 6.10 Å². The SMILES string of the molecule is CC[C@H](OC(=O)c1ccco1)C(=O)NCc1ccc(OC)cc1. The van der Waals surface area contributed by atoms with Gasteiger partial charge in [0.2, 0.25) is 5.76 Å². The van der Waals surface area contributed by atoms with Crippen molar-refractivity contribution >= 4 is 11.9 Å². The molecular weight excluding hydrogens is 298 g/mol. The first-order valence-electron chi connectivity index (χ1n) is 7.29. The number of benzene rings is 1. The van der Waals surface area contributed by atoms with Crippen molar-refractivity contribution in [2.24, 2.45) is 0 Å². The predicted octanol–water partition coefficient (Wildman–Crippen LogP) is 2.54. The minimum absolute atomic E-state index is 0.0754. The molecule has 6 nitrogen and oxygen atoms in total. The van der Waals surface area contributed by atoms with Gasteiger partial charge in [-0.15, -0.1) is 0 Å². The van der Waals surface area contributed by atoms with E-state index in [1.54, 1.807) is 20.1 Å². The summed E-state index contributed by atoms with van der Waals surface area (Å²) in [7, 11) is 1.59. The molecule has 0 radical (unpaired) electrons. The Morgan fingerprint density at radius 3 is 2.52 bits per heavy atom. The Kier molecular flexibility index (Phi) is 5.80. The Hall–Kier alpha value is -2.76. The zero-order valence-electron chi connectivity index (χ0n) is 13.1. The molecule has 1 N–H and O–H groups in total. The summed E-state index contributed by atoms with van der Waals surface area (Å²) in [5, 5.41) is 2.75. The highest BCUT2D eigenvalue weighted by atomic mass is 16.6. The molecule has 0 saturated carbocycles. The lowest BCUT2D eigenvalue weighted by Crippen LogP contribution is -2.37. The number of hydrogen-bond acceptors (Lipinski definition) is 5. The molecule has 0 unspecified atom stereocenters. The van der Waals surface area contributed by atoms with Crippen LogP contribution in [0.25, 0.3) is 0 Å². The summed E-state index contributed by atoms with van der Waals surface area (Å²) in [6, 6.07) is 10.4. The summed E-state index contributed by atoms with van der Waals surface area (Å²) in [5.41, 5.74) is 0.923. The number of carbonyl (C=O) groups excluding carboxylic acids is 2. The Morgan fingerprint density at radius 2 is 1.96 bits per heavy atom. The smallest absolute Gasteiger partial charge is 0.374 e. The van der Waals surface area contributed by atoms with Crippen molar-refractivity contribution in [2.45, 2.75) is 26.0 Å². The molecule has 1 aromatic heterocycles. The Bertz CT molecular complexity index is 634. The Morgan fingerprint density at radius 1 is 1.22 bits per heavy atom. The van der Waals surface area contributed by atoms with E-state index in [4.69, 9.17) is 13.9 Å². The van der Waals surface area contributed by atoms with Crippen LogP contribution in [0.3, 0.4) is 0 Å². The molecule has 6 heteroatoms. The van der Waals surface area contributed by atoms with E-state index < -0.39 is 12.1 Å². The summed E-state index contributed by atoms with van der Waals surface area (Å²) in [6.07, 6.45) is 0.896. The van der Waals surface area contributed by atoms with Crippen LogP contribution >= 0.6 is 0 Å². The molecule has 2 aromatic rings. The van der Waals surface area contributed by atoms with E-state index in [0.717, 1.165) is 11.3 Å². The summed E-state index contributed by atoms with van der Waals surface area (Å²) >= 11 is 0. The predicted molar refractivity (Wildman–Crippen MR) is 83.0 cm³/mol. The number of nitrogens with one attached hydrogen (secondary N) is 1. The third-order valence-corrected chi connectivity index (χ3v) is 3.26. The van der Waals surface area contributed by atoms with Crippen molar-refractivity contribution in [3.05, 3.63) is 54.0 Å². The van der Waals surface area contributed by atoms with E-state index in [1.165, 1.54) is 12.3 Å². The van der Waals surface area contributed by atoms with Crippen molar-refractivity contribution in [1.82, 2.24) is 5.32 Å². The molecule has 0 saturated heterocycles. The van der Waals surface area contributed by atoms with Gasteiger partial charge in [0.1, 0.15) is 5.75 Å². The molecular formula is C17H19NO5. The van der Waals surface area contributed by atoms with Crippen LogP contribution in [0.2, 0.25) is 0 Å². The normalized spacial score (nSPS) is 11.6. The second kappa shape index (κ2) is 8.03. The van der Waals surface area contributed by atoms with Crippen LogP contribution in [0.4, 0.5) is 0 Å². The standard InChI is InChI=1S/C17H19NO5/c1-3-14(23-17(20)15-5-4-10-22-15)16(19)18-11-12-6-8-13(21-2)9-7-12/h4-10,14H,3,11H2,1-2H3,(H,18,19)/t14-/m0/s1. The van der Waals surface area contributed by atoms with Gasteiger partial charge < -0.3 is 19.2 Å². The second-order valence-corrected chi connectivity index (χ2v) is 4.85. The van der Waals surface area contributed by atoms with Crippen LogP contribution in [-0.4, -0.2) is 25.1 Å². The zero-order valence-corrected chi connectivity index (χ0v) is 13.1. The minimum atomic E-state index is -0.856. The van der Waals surface area contributed by atoms with E-state index in [-0.39, 0.29) is 11.7 Å². The van der Waals surface area contributed by atoms with Gasteiger partial charge >= 0.3 is 5.97 Å². The second-order valence-electron chi connectivity index (χ2n) is 4.85. The number of rotatable bonds is 7. The Balaban J connectivity index is 1.87. The van der Waals surface area contributed by atoms with Crippen molar-refractivity contribution < 1.29 is 23.5 Å². The molecule has 1 heterocycles. The maximum atomic E-state index is 12.1. The highest BCUT2D eigenvalue weighted by Crippen LogP contribution is 2.11. The van der Waals surface area contributed by atoms with Crippen LogP contribution in [-0.2, 0) is 16.1 Å². The third kappa shape index (κ3) is 4.60.